The van der Waals surface area contributed by atoms with Crippen molar-refractivity contribution in [3.63, 3.8) is 0 Å². The average Bonchev–Trinajstić information content (AvgIpc) is 2.44. The minimum Gasteiger partial charge on any atom is -0.496 e. The molecule has 3 nitrogen and oxygen atoms in total. The van der Waals surface area contributed by atoms with Gasteiger partial charge in [-0.05, 0) is 55.4 Å². The molecule has 0 saturated carbocycles. The van der Waals surface area contributed by atoms with E-state index in [0.717, 1.165) is 36.4 Å². The third kappa shape index (κ3) is 3.14. The van der Waals surface area contributed by atoms with Gasteiger partial charge in [0.05, 0.1) is 13.5 Å². The third-order valence-corrected chi connectivity index (χ3v) is 4.42. The van der Waals surface area contributed by atoms with Crippen LogP contribution >= 0.6 is 0 Å². The zero-order chi connectivity index (χ0) is 14.7. The summed E-state index contributed by atoms with van der Waals surface area (Å²) in [5.74, 6) is 1.78. The monoisotopic (exact) mass is 275 g/mol. The van der Waals surface area contributed by atoms with Crippen molar-refractivity contribution >= 4 is 5.91 Å². The van der Waals surface area contributed by atoms with Gasteiger partial charge in [-0.1, -0.05) is 13.0 Å². The quantitative estimate of drug-likeness (QED) is 0.848. The number of amides is 1. The molecular weight excluding hydrogens is 250 g/mol. The predicted molar refractivity (Wildman–Crippen MR) is 81.2 cm³/mol. The maximum Gasteiger partial charge on any atom is 0.227 e. The summed E-state index contributed by atoms with van der Waals surface area (Å²) in [4.78, 5) is 14.4. The van der Waals surface area contributed by atoms with E-state index in [1.807, 2.05) is 24.0 Å². The summed E-state index contributed by atoms with van der Waals surface area (Å²) in [5, 5.41) is 0. The average molecular weight is 275 g/mol. The van der Waals surface area contributed by atoms with Gasteiger partial charge in [-0.25, -0.2) is 0 Å². The molecule has 1 fully saturated rings. The zero-order valence-corrected chi connectivity index (χ0v) is 13.0. The molecule has 2 rings (SSSR count). The Balaban J connectivity index is 2.10. The number of piperidine rings is 1. The van der Waals surface area contributed by atoms with Crippen LogP contribution in [0.15, 0.2) is 12.1 Å². The number of carbonyl (C=O) groups excluding carboxylic acids is 1. The maximum atomic E-state index is 12.4. The van der Waals surface area contributed by atoms with Crippen LogP contribution in [0.3, 0.4) is 0 Å². The number of likely N-dealkylation sites (tertiary alicyclic amines) is 1. The van der Waals surface area contributed by atoms with Crippen molar-refractivity contribution in [1.82, 2.24) is 4.90 Å². The second-order valence-corrected chi connectivity index (χ2v) is 5.94. The van der Waals surface area contributed by atoms with Gasteiger partial charge in [-0.15, -0.1) is 0 Å². The van der Waals surface area contributed by atoms with E-state index in [1.165, 1.54) is 12.0 Å². The molecule has 0 radical (unpaired) electrons. The molecule has 110 valence electrons. The highest BCUT2D eigenvalue weighted by molar-refractivity contribution is 5.79. The van der Waals surface area contributed by atoms with E-state index in [0.29, 0.717) is 12.3 Å². The summed E-state index contributed by atoms with van der Waals surface area (Å²) in [6.45, 7) is 8.16. The van der Waals surface area contributed by atoms with Crippen molar-refractivity contribution < 1.29 is 9.53 Å². The fourth-order valence-electron chi connectivity index (χ4n) is 2.96. The van der Waals surface area contributed by atoms with Gasteiger partial charge < -0.3 is 9.64 Å². The molecule has 0 bridgehead atoms. The molecule has 1 aromatic carbocycles. The highest BCUT2D eigenvalue weighted by atomic mass is 16.5. The first-order valence-electron chi connectivity index (χ1n) is 7.43. The molecule has 1 heterocycles. The van der Waals surface area contributed by atoms with Crippen molar-refractivity contribution in [1.29, 1.82) is 0 Å². The summed E-state index contributed by atoms with van der Waals surface area (Å²) in [5.41, 5.74) is 3.42. The summed E-state index contributed by atoms with van der Waals surface area (Å²) in [6, 6.07) is 3.98. The Bertz CT molecular complexity index is 496. The van der Waals surface area contributed by atoms with Crippen molar-refractivity contribution in [3.05, 3.63) is 28.8 Å². The number of nitrogens with zero attached hydrogens (tertiary/aromatic N) is 1. The first kappa shape index (κ1) is 14.9. The molecule has 3 heteroatoms. The second-order valence-electron chi connectivity index (χ2n) is 5.94. The number of hydrogen-bond acceptors (Lipinski definition) is 2. The van der Waals surface area contributed by atoms with Crippen LogP contribution in [0.5, 0.6) is 5.75 Å². The standard InChI is InChI=1S/C17H25NO2/c1-12-6-5-9-18(11-12)17(19)10-15-7-8-16(20-4)14(3)13(15)2/h7-8,12H,5-6,9-11H2,1-4H3. The normalized spacial score (nSPS) is 19.0. The fraction of sp³-hybridized carbons (Fsp3) is 0.588. The van der Waals surface area contributed by atoms with Crippen LogP contribution in [0.1, 0.15) is 36.5 Å². The zero-order valence-electron chi connectivity index (χ0n) is 13.0. The minimum atomic E-state index is 0.254. The van der Waals surface area contributed by atoms with Gasteiger partial charge in [0.25, 0.3) is 0 Å². The molecule has 0 spiro atoms. The number of carbonyl (C=O) groups is 1. The van der Waals surface area contributed by atoms with Crippen LogP contribution in [0.4, 0.5) is 0 Å². The number of methoxy groups -OCH3 is 1. The smallest absolute Gasteiger partial charge is 0.227 e. The fourth-order valence-corrected chi connectivity index (χ4v) is 2.96. The molecule has 1 aliphatic heterocycles. The topological polar surface area (TPSA) is 29.5 Å². The lowest BCUT2D eigenvalue weighted by atomic mass is 9.97. The van der Waals surface area contributed by atoms with Crippen molar-refractivity contribution in [2.75, 3.05) is 20.2 Å². The summed E-state index contributed by atoms with van der Waals surface area (Å²) in [6.07, 6.45) is 2.88. The maximum absolute atomic E-state index is 12.4. The predicted octanol–water partition coefficient (Wildman–Crippen LogP) is 3.11. The molecule has 0 aliphatic carbocycles. The van der Waals surface area contributed by atoms with E-state index in [2.05, 4.69) is 13.8 Å². The third-order valence-electron chi connectivity index (χ3n) is 4.42. The second kappa shape index (κ2) is 6.29. The largest absolute Gasteiger partial charge is 0.496 e. The highest BCUT2D eigenvalue weighted by Crippen LogP contribution is 2.25. The van der Waals surface area contributed by atoms with Gasteiger partial charge in [0.15, 0.2) is 0 Å². The Kier molecular flexibility index (Phi) is 4.69. The number of benzene rings is 1. The molecule has 20 heavy (non-hydrogen) atoms. The Morgan fingerprint density at radius 1 is 1.35 bits per heavy atom. The molecule has 1 aliphatic rings. The van der Waals surface area contributed by atoms with Gasteiger partial charge in [-0.2, -0.15) is 0 Å². The van der Waals surface area contributed by atoms with Gasteiger partial charge >= 0.3 is 0 Å². The molecule has 0 N–H and O–H groups in total. The van der Waals surface area contributed by atoms with Crippen LogP contribution < -0.4 is 4.74 Å². The van der Waals surface area contributed by atoms with Crippen molar-refractivity contribution in [2.24, 2.45) is 5.92 Å². The van der Waals surface area contributed by atoms with Crippen molar-refractivity contribution in [2.45, 2.75) is 40.0 Å². The summed E-state index contributed by atoms with van der Waals surface area (Å²) in [7, 11) is 1.68. The highest BCUT2D eigenvalue weighted by Gasteiger charge is 2.21. The lowest BCUT2D eigenvalue weighted by molar-refractivity contribution is -0.132. The Morgan fingerprint density at radius 3 is 2.75 bits per heavy atom. The molecule has 1 saturated heterocycles. The Morgan fingerprint density at radius 2 is 2.10 bits per heavy atom. The van der Waals surface area contributed by atoms with E-state index < -0.39 is 0 Å². The van der Waals surface area contributed by atoms with E-state index in [1.54, 1.807) is 7.11 Å². The minimum absolute atomic E-state index is 0.254. The molecule has 0 aromatic heterocycles. The Hall–Kier alpha value is -1.51. The van der Waals surface area contributed by atoms with Gasteiger partial charge in [0.1, 0.15) is 5.75 Å². The van der Waals surface area contributed by atoms with Crippen LogP contribution in [0.25, 0.3) is 0 Å². The van der Waals surface area contributed by atoms with Crippen LogP contribution in [0, 0.1) is 19.8 Å². The summed E-state index contributed by atoms with van der Waals surface area (Å²) < 4.78 is 5.32. The SMILES string of the molecule is COc1ccc(CC(=O)N2CCCC(C)C2)c(C)c1C. The number of ether oxygens (including phenoxy) is 1. The molecule has 1 aromatic rings. The van der Waals surface area contributed by atoms with Crippen LogP contribution in [0.2, 0.25) is 0 Å². The van der Waals surface area contributed by atoms with Crippen LogP contribution in [-0.4, -0.2) is 31.0 Å². The molecular formula is C17H25NO2. The van der Waals surface area contributed by atoms with Gasteiger partial charge in [0, 0.05) is 13.1 Å². The van der Waals surface area contributed by atoms with E-state index in [-0.39, 0.29) is 5.91 Å². The van der Waals surface area contributed by atoms with Gasteiger partial charge in [-0.3, -0.25) is 4.79 Å². The summed E-state index contributed by atoms with van der Waals surface area (Å²) >= 11 is 0. The van der Waals surface area contributed by atoms with Gasteiger partial charge in [0.2, 0.25) is 5.91 Å². The Labute approximate surface area is 121 Å². The van der Waals surface area contributed by atoms with Crippen LogP contribution in [-0.2, 0) is 11.2 Å². The molecule has 1 atom stereocenters. The first-order valence-corrected chi connectivity index (χ1v) is 7.43. The lowest BCUT2D eigenvalue weighted by Crippen LogP contribution is -2.40. The number of rotatable bonds is 3. The van der Waals surface area contributed by atoms with E-state index in [4.69, 9.17) is 4.74 Å². The first-order chi connectivity index (χ1) is 9.52. The molecule has 1 unspecified atom stereocenters. The van der Waals surface area contributed by atoms with E-state index >= 15 is 0 Å². The number of hydrogen-bond donors (Lipinski definition) is 0. The van der Waals surface area contributed by atoms with Crippen molar-refractivity contribution in [3.8, 4) is 5.75 Å². The lowest BCUT2D eigenvalue weighted by Gasteiger charge is -2.31. The van der Waals surface area contributed by atoms with E-state index in [9.17, 15) is 4.79 Å². The molecule has 1 amide bonds.